The average Bonchev–Trinajstić information content (AvgIpc) is 3.12. The normalized spacial score (nSPS) is 11.0. The van der Waals surface area contributed by atoms with Crippen molar-refractivity contribution in [1.29, 1.82) is 0 Å². The van der Waals surface area contributed by atoms with Crippen molar-refractivity contribution in [3.8, 4) is 0 Å². The molecule has 0 radical (unpaired) electrons. The van der Waals surface area contributed by atoms with Gasteiger partial charge in [-0.15, -0.1) is 22.0 Å². The number of anilines is 1. The maximum Gasteiger partial charge on any atom is 0.234 e. The molecule has 0 aliphatic rings. The Kier molecular flexibility index (Phi) is 8.15. The highest BCUT2D eigenvalue weighted by Gasteiger charge is 2.14. The van der Waals surface area contributed by atoms with Crippen LogP contribution in [0.2, 0.25) is 0 Å². The van der Waals surface area contributed by atoms with E-state index in [2.05, 4.69) is 34.6 Å². The number of amides is 1. The summed E-state index contributed by atoms with van der Waals surface area (Å²) in [5.41, 5.74) is 5.26. The highest BCUT2D eigenvalue weighted by atomic mass is 32.2. The first-order valence-corrected chi connectivity index (χ1v) is 12.3. The number of aryl methyl sites for hydroxylation is 3. The minimum Gasteiger partial charge on any atom is -0.325 e. The lowest BCUT2D eigenvalue weighted by atomic mass is 10.1. The largest absolute Gasteiger partial charge is 0.325 e. The molecule has 1 heterocycles. The molecule has 0 aliphatic heterocycles. The van der Waals surface area contributed by atoms with Crippen molar-refractivity contribution in [3.05, 3.63) is 70.3 Å². The molecule has 3 aromatic rings. The van der Waals surface area contributed by atoms with Crippen LogP contribution in [0.4, 0.5) is 10.1 Å². The summed E-state index contributed by atoms with van der Waals surface area (Å²) in [4.78, 5) is 12.5. The molecular weight excluding hydrogens is 431 g/mol. The zero-order chi connectivity index (χ0) is 22.4. The third-order valence-electron chi connectivity index (χ3n) is 4.80. The van der Waals surface area contributed by atoms with E-state index in [-0.39, 0.29) is 17.5 Å². The molecule has 0 bridgehead atoms. The first-order valence-electron chi connectivity index (χ1n) is 10.1. The highest BCUT2D eigenvalue weighted by molar-refractivity contribution is 7.99. The Morgan fingerprint density at radius 3 is 2.39 bits per heavy atom. The number of benzene rings is 2. The van der Waals surface area contributed by atoms with Crippen LogP contribution in [-0.4, -0.2) is 26.4 Å². The first-order chi connectivity index (χ1) is 14.9. The van der Waals surface area contributed by atoms with Gasteiger partial charge < -0.3 is 9.88 Å². The Labute approximate surface area is 191 Å². The second-order valence-corrected chi connectivity index (χ2v) is 9.30. The molecule has 0 atom stereocenters. The lowest BCUT2D eigenvalue weighted by Gasteiger charge is -2.13. The average molecular weight is 459 g/mol. The van der Waals surface area contributed by atoms with Crippen LogP contribution in [0.1, 0.15) is 35.0 Å². The summed E-state index contributed by atoms with van der Waals surface area (Å²) in [6.07, 6.45) is 0. The molecule has 31 heavy (non-hydrogen) atoms. The van der Waals surface area contributed by atoms with E-state index >= 15 is 0 Å². The highest BCUT2D eigenvalue weighted by Crippen LogP contribution is 2.24. The van der Waals surface area contributed by atoms with Crippen LogP contribution < -0.4 is 5.32 Å². The van der Waals surface area contributed by atoms with E-state index in [1.165, 1.54) is 29.5 Å². The van der Waals surface area contributed by atoms with Gasteiger partial charge >= 0.3 is 0 Å². The number of hydrogen-bond donors (Lipinski definition) is 1. The molecule has 1 aromatic heterocycles. The fraction of sp³-hybridized carbons (Fsp3) is 0.348. The SMILES string of the molecule is CCn1c(CSCc2ccc(F)cc2)nnc1SCC(=O)Nc1c(C)cc(C)cc1C. The Morgan fingerprint density at radius 1 is 1.06 bits per heavy atom. The smallest absolute Gasteiger partial charge is 0.234 e. The molecule has 1 amide bonds. The summed E-state index contributed by atoms with van der Waals surface area (Å²) in [6, 6.07) is 10.7. The van der Waals surface area contributed by atoms with Gasteiger partial charge in [0, 0.05) is 18.0 Å². The Morgan fingerprint density at radius 2 is 1.74 bits per heavy atom. The van der Waals surface area contributed by atoms with E-state index in [1.54, 1.807) is 23.9 Å². The fourth-order valence-corrected chi connectivity index (χ4v) is 5.12. The van der Waals surface area contributed by atoms with Crippen molar-refractivity contribution >= 4 is 35.1 Å². The van der Waals surface area contributed by atoms with Gasteiger partial charge in [0.25, 0.3) is 0 Å². The molecule has 0 fully saturated rings. The van der Waals surface area contributed by atoms with Gasteiger partial charge in [0.15, 0.2) is 5.16 Å². The molecule has 0 saturated heterocycles. The minimum absolute atomic E-state index is 0.0575. The molecule has 0 aliphatic carbocycles. The second kappa shape index (κ2) is 10.8. The number of halogens is 1. The zero-order valence-corrected chi connectivity index (χ0v) is 19.9. The van der Waals surface area contributed by atoms with Gasteiger partial charge in [-0.2, -0.15) is 0 Å². The molecule has 5 nitrogen and oxygen atoms in total. The maximum atomic E-state index is 13.0. The molecule has 0 saturated carbocycles. The fourth-order valence-electron chi connectivity index (χ4n) is 3.37. The van der Waals surface area contributed by atoms with Gasteiger partial charge in [0.1, 0.15) is 11.6 Å². The topological polar surface area (TPSA) is 59.8 Å². The molecule has 8 heteroatoms. The molecule has 164 valence electrons. The third kappa shape index (κ3) is 6.33. The van der Waals surface area contributed by atoms with Crippen molar-refractivity contribution in [1.82, 2.24) is 14.8 Å². The number of hydrogen-bond acceptors (Lipinski definition) is 5. The van der Waals surface area contributed by atoms with Crippen molar-refractivity contribution in [3.63, 3.8) is 0 Å². The molecule has 2 aromatic carbocycles. The van der Waals surface area contributed by atoms with E-state index in [0.29, 0.717) is 5.75 Å². The molecule has 1 N–H and O–H groups in total. The lowest BCUT2D eigenvalue weighted by Crippen LogP contribution is -2.16. The van der Waals surface area contributed by atoms with Crippen LogP contribution in [0, 0.1) is 26.6 Å². The number of carbonyl (C=O) groups is 1. The standard InChI is InChI=1S/C23H27FN4OS2/c1-5-28-20(13-30-12-18-6-8-19(24)9-7-18)26-27-23(28)31-14-21(29)25-22-16(3)10-15(2)11-17(22)4/h6-11H,5,12-14H2,1-4H3,(H,25,29). The number of aromatic nitrogens is 3. The van der Waals surface area contributed by atoms with Crippen LogP contribution in [0.25, 0.3) is 0 Å². The maximum absolute atomic E-state index is 13.0. The summed E-state index contributed by atoms with van der Waals surface area (Å²) in [5.74, 6) is 2.34. The van der Waals surface area contributed by atoms with Crippen molar-refractivity contribution in [2.75, 3.05) is 11.1 Å². The Hall–Kier alpha value is -2.32. The number of thioether (sulfide) groups is 2. The predicted octanol–water partition coefficient (Wildman–Crippen LogP) is 5.53. The van der Waals surface area contributed by atoms with Crippen LogP contribution in [-0.2, 0) is 22.8 Å². The summed E-state index contributed by atoms with van der Waals surface area (Å²) >= 11 is 3.10. The van der Waals surface area contributed by atoms with Crippen molar-refractivity contribution in [2.45, 2.75) is 50.9 Å². The number of carbonyl (C=O) groups excluding carboxylic acids is 1. The lowest BCUT2D eigenvalue weighted by molar-refractivity contribution is -0.113. The van der Waals surface area contributed by atoms with Crippen molar-refractivity contribution < 1.29 is 9.18 Å². The predicted molar refractivity (Wildman–Crippen MR) is 127 cm³/mol. The number of nitrogens with zero attached hydrogens (tertiary/aromatic N) is 3. The summed E-state index contributed by atoms with van der Waals surface area (Å²) < 4.78 is 15.1. The molecule has 0 spiro atoms. The second-order valence-electron chi connectivity index (χ2n) is 7.37. The van der Waals surface area contributed by atoms with Gasteiger partial charge in [-0.25, -0.2) is 4.39 Å². The molecule has 3 rings (SSSR count). The van der Waals surface area contributed by atoms with E-state index in [4.69, 9.17) is 0 Å². The van der Waals surface area contributed by atoms with E-state index in [0.717, 1.165) is 45.7 Å². The van der Waals surface area contributed by atoms with E-state index < -0.39 is 0 Å². The van der Waals surface area contributed by atoms with Gasteiger partial charge in [-0.3, -0.25) is 4.79 Å². The van der Waals surface area contributed by atoms with Crippen LogP contribution in [0.3, 0.4) is 0 Å². The van der Waals surface area contributed by atoms with E-state index in [1.807, 2.05) is 25.3 Å². The summed E-state index contributed by atoms with van der Waals surface area (Å²) in [7, 11) is 0. The first kappa shape index (κ1) is 23.3. The zero-order valence-electron chi connectivity index (χ0n) is 18.2. The third-order valence-corrected chi connectivity index (χ3v) is 6.76. The summed E-state index contributed by atoms with van der Waals surface area (Å²) in [5, 5.41) is 12.4. The quantitative estimate of drug-likeness (QED) is 0.428. The number of rotatable bonds is 9. The van der Waals surface area contributed by atoms with Crippen LogP contribution >= 0.6 is 23.5 Å². The number of nitrogens with one attached hydrogen (secondary N) is 1. The summed E-state index contributed by atoms with van der Waals surface area (Å²) in [6.45, 7) is 8.84. The van der Waals surface area contributed by atoms with Gasteiger partial charge in [0.05, 0.1) is 11.5 Å². The molecular formula is C23H27FN4OS2. The van der Waals surface area contributed by atoms with Gasteiger partial charge in [0.2, 0.25) is 5.91 Å². The van der Waals surface area contributed by atoms with Crippen LogP contribution in [0.5, 0.6) is 0 Å². The van der Waals surface area contributed by atoms with Gasteiger partial charge in [-0.1, -0.05) is 41.6 Å². The van der Waals surface area contributed by atoms with Crippen LogP contribution in [0.15, 0.2) is 41.6 Å². The minimum atomic E-state index is -0.224. The Balaban J connectivity index is 1.55. The molecule has 0 unspecified atom stereocenters. The van der Waals surface area contributed by atoms with E-state index in [9.17, 15) is 9.18 Å². The Bertz CT molecular complexity index is 1030. The van der Waals surface area contributed by atoms with Crippen molar-refractivity contribution in [2.24, 2.45) is 0 Å². The van der Waals surface area contributed by atoms with Gasteiger partial charge in [-0.05, 0) is 56.5 Å². The monoisotopic (exact) mass is 458 g/mol.